The second kappa shape index (κ2) is 9.33. The minimum atomic E-state index is 0.648. The summed E-state index contributed by atoms with van der Waals surface area (Å²) >= 11 is 0. The molecule has 0 aliphatic heterocycles. The molecular weight excluding hydrogens is 526 g/mol. The van der Waals surface area contributed by atoms with E-state index in [-0.39, 0.29) is 0 Å². The van der Waals surface area contributed by atoms with Gasteiger partial charge in [0.25, 0.3) is 0 Å². The summed E-state index contributed by atoms with van der Waals surface area (Å²) in [6.45, 7) is 0. The Hall–Kier alpha value is -5.87. The second-order valence-electron chi connectivity index (χ2n) is 10.8. The fourth-order valence-corrected chi connectivity index (χ4v) is 6.34. The van der Waals surface area contributed by atoms with Crippen LogP contribution in [0, 0.1) is 0 Å². The van der Waals surface area contributed by atoms with Gasteiger partial charge in [-0.25, -0.2) is 15.0 Å². The zero-order valence-corrected chi connectivity index (χ0v) is 23.0. The number of rotatable bonds is 3. The third-order valence-corrected chi connectivity index (χ3v) is 8.30. The van der Waals surface area contributed by atoms with E-state index in [0.29, 0.717) is 17.5 Å². The maximum atomic E-state index is 6.27. The highest BCUT2D eigenvalue weighted by atomic mass is 16.3. The normalized spacial score (nSPS) is 11.7. The van der Waals surface area contributed by atoms with Crippen LogP contribution in [-0.2, 0) is 0 Å². The van der Waals surface area contributed by atoms with E-state index in [9.17, 15) is 0 Å². The summed E-state index contributed by atoms with van der Waals surface area (Å²) in [5.41, 5.74) is 4.67. The van der Waals surface area contributed by atoms with Gasteiger partial charge in [-0.15, -0.1) is 0 Å². The molecule has 0 fully saturated rings. The van der Waals surface area contributed by atoms with Crippen molar-refractivity contribution in [3.05, 3.63) is 140 Å². The van der Waals surface area contributed by atoms with Crippen LogP contribution in [0.4, 0.5) is 0 Å². The van der Waals surface area contributed by atoms with Crippen LogP contribution in [-0.4, -0.2) is 15.0 Å². The van der Waals surface area contributed by atoms with Gasteiger partial charge in [0.05, 0.1) is 0 Å². The molecule has 0 N–H and O–H groups in total. The number of benzene rings is 7. The Kier molecular flexibility index (Phi) is 5.16. The maximum Gasteiger partial charge on any atom is 0.164 e. The SMILES string of the molecule is c1ccc(-c2nc(-c3ccccc3)nc(-c3ccc4c(c3)c3ccccc3c3c4ccc4oc5ccccc5c43)n2)cc1. The predicted molar refractivity (Wildman–Crippen MR) is 176 cm³/mol. The first kappa shape index (κ1) is 23.8. The standard InChI is InChI=1S/C39H23N3O/c1-3-11-24(12-4-1)37-40-38(25-13-5-2-6-14-25)42-39(41-37)26-19-20-28-30-21-22-34-36(31-17-9-10-18-33(31)43-34)35(30)29-16-8-7-15-27(29)32(28)23-26/h1-23H. The first-order valence-corrected chi connectivity index (χ1v) is 14.4. The highest BCUT2D eigenvalue weighted by molar-refractivity contribution is 6.34. The topological polar surface area (TPSA) is 51.8 Å². The van der Waals surface area contributed by atoms with Crippen LogP contribution in [0.5, 0.6) is 0 Å². The van der Waals surface area contributed by atoms with Crippen LogP contribution < -0.4 is 0 Å². The minimum absolute atomic E-state index is 0.648. The van der Waals surface area contributed by atoms with Crippen LogP contribution in [0.25, 0.3) is 88.4 Å². The van der Waals surface area contributed by atoms with Crippen molar-refractivity contribution in [1.29, 1.82) is 0 Å². The lowest BCUT2D eigenvalue weighted by Crippen LogP contribution is -2.00. The molecule has 0 radical (unpaired) electrons. The molecule has 0 saturated heterocycles. The molecule has 0 amide bonds. The summed E-state index contributed by atoms with van der Waals surface area (Å²) in [6.07, 6.45) is 0. The van der Waals surface area contributed by atoms with Gasteiger partial charge in [0, 0.05) is 32.8 Å². The fraction of sp³-hybridized carbons (Fsp3) is 0. The molecule has 2 heterocycles. The quantitative estimate of drug-likeness (QED) is 0.206. The number of para-hydroxylation sites is 1. The Morgan fingerprint density at radius 3 is 1.53 bits per heavy atom. The number of hydrogen-bond donors (Lipinski definition) is 0. The largest absolute Gasteiger partial charge is 0.456 e. The van der Waals surface area contributed by atoms with Crippen molar-refractivity contribution in [2.75, 3.05) is 0 Å². The van der Waals surface area contributed by atoms with Gasteiger partial charge in [0.2, 0.25) is 0 Å². The molecular formula is C39H23N3O. The van der Waals surface area contributed by atoms with Gasteiger partial charge >= 0.3 is 0 Å². The number of furan rings is 1. The van der Waals surface area contributed by atoms with Crippen LogP contribution in [0.15, 0.2) is 144 Å². The molecule has 7 aromatic carbocycles. The van der Waals surface area contributed by atoms with E-state index in [1.54, 1.807) is 0 Å². The Morgan fingerprint density at radius 2 is 0.837 bits per heavy atom. The van der Waals surface area contributed by atoms with Gasteiger partial charge in [-0.1, -0.05) is 115 Å². The zero-order valence-electron chi connectivity index (χ0n) is 23.0. The van der Waals surface area contributed by atoms with Crippen molar-refractivity contribution in [3.63, 3.8) is 0 Å². The summed E-state index contributed by atoms with van der Waals surface area (Å²) in [5.74, 6) is 1.96. The molecule has 0 aliphatic rings. The van der Waals surface area contributed by atoms with Crippen LogP contribution in [0.3, 0.4) is 0 Å². The molecule has 0 unspecified atom stereocenters. The fourth-order valence-electron chi connectivity index (χ4n) is 6.34. The molecule has 4 heteroatoms. The molecule has 9 rings (SSSR count). The lowest BCUT2D eigenvalue weighted by molar-refractivity contribution is 0.669. The number of nitrogens with zero attached hydrogens (tertiary/aromatic N) is 3. The summed E-state index contributed by atoms with van der Waals surface area (Å²) in [7, 11) is 0. The Bertz CT molecular complexity index is 2420. The van der Waals surface area contributed by atoms with Crippen molar-refractivity contribution in [2.24, 2.45) is 0 Å². The van der Waals surface area contributed by atoms with Crippen molar-refractivity contribution < 1.29 is 4.42 Å². The maximum absolute atomic E-state index is 6.27. The summed E-state index contributed by atoms with van der Waals surface area (Å²) < 4.78 is 6.27. The molecule has 43 heavy (non-hydrogen) atoms. The molecule has 0 atom stereocenters. The lowest BCUT2D eigenvalue weighted by Gasteiger charge is -2.13. The van der Waals surface area contributed by atoms with E-state index >= 15 is 0 Å². The van der Waals surface area contributed by atoms with Gasteiger partial charge in [0.15, 0.2) is 17.5 Å². The summed E-state index contributed by atoms with van der Waals surface area (Å²) in [6, 6.07) is 48.0. The highest BCUT2D eigenvalue weighted by Gasteiger charge is 2.18. The smallest absolute Gasteiger partial charge is 0.164 e. The van der Waals surface area contributed by atoms with Crippen molar-refractivity contribution in [3.8, 4) is 34.2 Å². The van der Waals surface area contributed by atoms with Crippen molar-refractivity contribution >= 4 is 54.3 Å². The van der Waals surface area contributed by atoms with E-state index in [4.69, 9.17) is 19.4 Å². The molecule has 2 aromatic heterocycles. The first-order valence-electron chi connectivity index (χ1n) is 14.4. The minimum Gasteiger partial charge on any atom is -0.456 e. The predicted octanol–water partition coefficient (Wildman–Crippen LogP) is 10.2. The van der Waals surface area contributed by atoms with Gasteiger partial charge in [-0.2, -0.15) is 0 Å². The van der Waals surface area contributed by atoms with E-state index in [1.165, 1.54) is 26.9 Å². The Labute approximate surface area is 246 Å². The molecule has 9 aromatic rings. The third kappa shape index (κ3) is 3.74. The van der Waals surface area contributed by atoms with Crippen LogP contribution in [0.1, 0.15) is 0 Å². The van der Waals surface area contributed by atoms with Gasteiger partial charge in [-0.05, 0) is 51.2 Å². The number of hydrogen-bond acceptors (Lipinski definition) is 4. The van der Waals surface area contributed by atoms with Gasteiger partial charge < -0.3 is 4.42 Å². The zero-order chi connectivity index (χ0) is 28.3. The Morgan fingerprint density at radius 1 is 0.326 bits per heavy atom. The van der Waals surface area contributed by atoms with E-state index in [1.807, 2.05) is 72.8 Å². The van der Waals surface area contributed by atoms with Gasteiger partial charge in [0.1, 0.15) is 11.2 Å². The van der Waals surface area contributed by atoms with Crippen LogP contribution in [0.2, 0.25) is 0 Å². The summed E-state index contributed by atoms with van der Waals surface area (Å²) in [4.78, 5) is 14.8. The molecule has 0 bridgehead atoms. The number of fused-ring (bicyclic) bond motifs is 10. The van der Waals surface area contributed by atoms with Crippen molar-refractivity contribution in [1.82, 2.24) is 15.0 Å². The third-order valence-electron chi connectivity index (χ3n) is 8.30. The average molecular weight is 550 g/mol. The van der Waals surface area contributed by atoms with Crippen molar-refractivity contribution in [2.45, 2.75) is 0 Å². The number of aromatic nitrogens is 3. The molecule has 0 spiro atoms. The van der Waals surface area contributed by atoms with E-state index in [2.05, 4.69) is 66.7 Å². The molecule has 200 valence electrons. The first-order chi connectivity index (χ1) is 21.3. The highest BCUT2D eigenvalue weighted by Crippen LogP contribution is 2.43. The van der Waals surface area contributed by atoms with Crippen LogP contribution >= 0.6 is 0 Å². The lowest BCUT2D eigenvalue weighted by atomic mass is 9.91. The monoisotopic (exact) mass is 549 g/mol. The van der Waals surface area contributed by atoms with Gasteiger partial charge in [-0.3, -0.25) is 0 Å². The molecule has 4 nitrogen and oxygen atoms in total. The van der Waals surface area contributed by atoms with E-state index in [0.717, 1.165) is 44.0 Å². The molecule has 0 saturated carbocycles. The second-order valence-corrected chi connectivity index (χ2v) is 10.8. The molecule has 0 aliphatic carbocycles. The van der Waals surface area contributed by atoms with E-state index < -0.39 is 0 Å². The average Bonchev–Trinajstić information content (AvgIpc) is 3.47. The summed E-state index contributed by atoms with van der Waals surface area (Å²) in [5, 5.41) is 9.45. The Balaban J connectivity index is 1.34.